The molecule has 0 aliphatic rings. The molecule has 2 aromatic carbocycles. The van der Waals surface area contributed by atoms with Crippen LogP contribution in [-0.2, 0) is 14.3 Å². The van der Waals surface area contributed by atoms with Gasteiger partial charge in [-0.1, -0.05) is 35.3 Å². The van der Waals surface area contributed by atoms with E-state index in [0.29, 0.717) is 21.5 Å². The van der Waals surface area contributed by atoms with Crippen LogP contribution in [0, 0.1) is 0 Å². The van der Waals surface area contributed by atoms with E-state index in [1.54, 1.807) is 36.4 Å². The number of esters is 1. The van der Waals surface area contributed by atoms with E-state index < -0.39 is 18.0 Å². The molecule has 0 spiro atoms. The van der Waals surface area contributed by atoms with Crippen LogP contribution < -0.4 is 5.32 Å². The van der Waals surface area contributed by atoms with Gasteiger partial charge in [-0.05, 0) is 43.3 Å². The molecule has 0 saturated carbocycles. The van der Waals surface area contributed by atoms with Gasteiger partial charge in [0.25, 0.3) is 5.91 Å². The van der Waals surface area contributed by atoms with Crippen LogP contribution in [0.15, 0.2) is 53.4 Å². The van der Waals surface area contributed by atoms with Crippen molar-refractivity contribution in [2.75, 3.05) is 11.1 Å². The number of thioether (sulfide) groups is 1. The van der Waals surface area contributed by atoms with E-state index >= 15 is 0 Å². The summed E-state index contributed by atoms with van der Waals surface area (Å²) >= 11 is 13.3. The number of anilines is 1. The van der Waals surface area contributed by atoms with Gasteiger partial charge < -0.3 is 10.1 Å². The molecule has 0 heterocycles. The first-order chi connectivity index (χ1) is 12.0. The standard InChI is InChI=1S/C18H17Cl2NO3S/c1-12(18(23)21-16-5-3-2-4-15(16)20)24-17(22)10-11-25-14-8-6-13(19)7-9-14/h2-9,12H,10-11H2,1H3,(H,21,23)/t12-/m1/s1. The molecule has 4 nitrogen and oxygen atoms in total. The maximum absolute atomic E-state index is 12.1. The first kappa shape index (κ1) is 19.6. The van der Waals surface area contributed by atoms with Crippen LogP contribution in [0.4, 0.5) is 5.69 Å². The molecular formula is C18H17Cl2NO3S. The molecule has 0 aliphatic heterocycles. The highest BCUT2D eigenvalue weighted by Gasteiger charge is 2.18. The van der Waals surface area contributed by atoms with Crippen molar-refractivity contribution >= 4 is 52.5 Å². The van der Waals surface area contributed by atoms with Crippen LogP contribution in [0.3, 0.4) is 0 Å². The lowest BCUT2D eigenvalue weighted by atomic mass is 10.3. The van der Waals surface area contributed by atoms with E-state index in [1.165, 1.54) is 18.7 Å². The van der Waals surface area contributed by atoms with Crippen LogP contribution in [0.25, 0.3) is 0 Å². The molecule has 0 fully saturated rings. The number of nitrogens with one attached hydrogen (secondary N) is 1. The molecule has 132 valence electrons. The van der Waals surface area contributed by atoms with Crippen molar-refractivity contribution in [1.29, 1.82) is 0 Å². The summed E-state index contributed by atoms with van der Waals surface area (Å²) in [7, 11) is 0. The number of benzene rings is 2. The maximum atomic E-state index is 12.1. The van der Waals surface area contributed by atoms with Crippen LogP contribution in [0.1, 0.15) is 13.3 Å². The van der Waals surface area contributed by atoms with Gasteiger partial charge in [-0.3, -0.25) is 9.59 Å². The van der Waals surface area contributed by atoms with Gasteiger partial charge in [0.2, 0.25) is 0 Å². The van der Waals surface area contributed by atoms with E-state index in [0.717, 1.165) is 4.90 Å². The fraction of sp³-hybridized carbons (Fsp3) is 0.222. The number of amides is 1. The van der Waals surface area contributed by atoms with Crippen LogP contribution >= 0.6 is 35.0 Å². The number of para-hydroxylation sites is 1. The van der Waals surface area contributed by atoms with Gasteiger partial charge in [0, 0.05) is 15.7 Å². The van der Waals surface area contributed by atoms with Gasteiger partial charge in [0.05, 0.1) is 17.1 Å². The van der Waals surface area contributed by atoms with Gasteiger partial charge in [-0.2, -0.15) is 0 Å². The number of hydrogen-bond donors (Lipinski definition) is 1. The van der Waals surface area contributed by atoms with Crippen LogP contribution in [0.2, 0.25) is 10.0 Å². The smallest absolute Gasteiger partial charge is 0.307 e. The molecular weight excluding hydrogens is 381 g/mol. The largest absolute Gasteiger partial charge is 0.453 e. The molecule has 1 amide bonds. The fourth-order valence-electron chi connectivity index (χ4n) is 1.89. The van der Waals surface area contributed by atoms with Crippen LogP contribution in [0.5, 0.6) is 0 Å². The topological polar surface area (TPSA) is 55.4 Å². The molecule has 1 atom stereocenters. The minimum Gasteiger partial charge on any atom is -0.453 e. The Morgan fingerprint density at radius 1 is 1.12 bits per heavy atom. The zero-order valence-corrected chi connectivity index (χ0v) is 15.8. The third-order valence-corrected chi connectivity index (χ3v) is 4.79. The Hall–Kier alpha value is -1.69. The predicted octanol–water partition coefficient (Wildman–Crippen LogP) is 5.05. The Labute approximate surface area is 160 Å². The molecule has 1 N–H and O–H groups in total. The fourth-order valence-corrected chi connectivity index (χ4v) is 3.03. The number of carbonyl (C=O) groups excluding carboxylic acids is 2. The lowest BCUT2D eigenvalue weighted by molar-refractivity contribution is -0.152. The molecule has 0 radical (unpaired) electrons. The molecule has 0 bridgehead atoms. The van der Waals surface area contributed by atoms with Crippen molar-refractivity contribution in [3.63, 3.8) is 0 Å². The lowest BCUT2D eigenvalue weighted by Crippen LogP contribution is -2.30. The summed E-state index contributed by atoms with van der Waals surface area (Å²) in [5, 5.41) is 3.73. The summed E-state index contributed by atoms with van der Waals surface area (Å²) < 4.78 is 5.15. The summed E-state index contributed by atoms with van der Waals surface area (Å²) in [6.45, 7) is 1.52. The zero-order chi connectivity index (χ0) is 18.2. The minimum absolute atomic E-state index is 0.205. The normalized spacial score (nSPS) is 11.6. The molecule has 0 unspecified atom stereocenters. The number of carbonyl (C=O) groups is 2. The van der Waals surface area contributed by atoms with E-state index in [1.807, 2.05) is 12.1 Å². The van der Waals surface area contributed by atoms with Crippen molar-refractivity contribution in [3.05, 3.63) is 58.6 Å². The van der Waals surface area contributed by atoms with E-state index in [4.69, 9.17) is 27.9 Å². The Kier molecular flexibility index (Phi) is 7.62. The first-order valence-electron chi connectivity index (χ1n) is 7.59. The average molecular weight is 398 g/mol. The lowest BCUT2D eigenvalue weighted by Gasteiger charge is -2.14. The molecule has 0 aromatic heterocycles. The van der Waals surface area contributed by atoms with E-state index in [-0.39, 0.29) is 6.42 Å². The molecule has 0 saturated heterocycles. The summed E-state index contributed by atoms with van der Waals surface area (Å²) in [6, 6.07) is 14.2. The molecule has 7 heteroatoms. The molecule has 0 aliphatic carbocycles. The zero-order valence-electron chi connectivity index (χ0n) is 13.5. The van der Waals surface area contributed by atoms with Gasteiger partial charge in [-0.25, -0.2) is 0 Å². The summed E-state index contributed by atoms with van der Waals surface area (Å²) in [5.74, 6) is -0.297. The van der Waals surface area contributed by atoms with Crippen molar-refractivity contribution in [1.82, 2.24) is 0 Å². The summed E-state index contributed by atoms with van der Waals surface area (Å²) in [4.78, 5) is 24.9. The third-order valence-electron chi connectivity index (χ3n) is 3.20. The van der Waals surface area contributed by atoms with E-state index in [2.05, 4.69) is 5.32 Å². The number of hydrogen-bond acceptors (Lipinski definition) is 4. The Balaban J connectivity index is 1.74. The number of ether oxygens (including phenoxy) is 1. The highest BCUT2D eigenvalue weighted by Crippen LogP contribution is 2.22. The van der Waals surface area contributed by atoms with Gasteiger partial charge >= 0.3 is 5.97 Å². The minimum atomic E-state index is -0.899. The number of halogens is 2. The van der Waals surface area contributed by atoms with Crippen molar-refractivity contribution in [2.45, 2.75) is 24.3 Å². The second-order valence-electron chi connectivity index (χ2n) is 5.15. The first-order valence-corrected chi connectivity index (χ1v) is 9.33. The second-order valence-corrected chi connectivity index (χ2v) is 7.17. The van der Waals surface area contributed by atoms with Crippen LogP contribution in [-0.4, -0.2) is 23.7 Å². The molecule has 25 heavy (non-hydrogen) atoms. The van der Waals surface area contributed by atoms with Crippen molar-refractivity contribution < 1.29 is 14.3 Å². The SMILES string of the molecule is C[C@@H](OC(=O)CCSc1ccc(Cl)cc1)C(=O)Nc1ccccc1Cl. The molecule has 2 rings (SSSR count). The Morgan fingerprint density at radius 2 is 1.80 bits per heavy atom. The highest BCUT2D eigenvalue weighted by molar-refractivity contribution is 7.99. The Morgan fingerprint density at radius 3 is 2.48 bits per heavy atom. The molecule has 2 aromatic rings. The quantitative estimate of drug-likeness (QED) is 0.524. The van der Waals surface area contributed by atoms with Crippen molar-refractivity contribution in [2.24, 2.45) is 0 Å². The van der Waals surface area contributed by atoms with Gasteiger partial charge in [0.15, 0.2) is 6.10 Å². The third kappa shape index (κ3) is 6.61. The average Bonchev–Trinajstić information content (AvgIpc) is 2.58. The monoisotopic (exact) mass is 397 g/mol. The summed E-state index contributed by atoms with van der Waals surface area (Å²) in [5.41, 5.74) is 0.482. The Bertz CT molecular complexity index is 737. The number of rotatable bonds is 7. The van der Waals surface area contributed by atoms with E-state index in [9.17, 15) is 9.59 Å². The highest BCUT2D eigenvalue weighted by atomic mass is 35.5. The van der Waals surface area contributed by atoms with Crippen molar-refractivity contribution in [3.8, 4) is 0 Å². The van der Waals surface area contributed by atoms with Gasteiger partial charge in [-0.15, -0.1) is 11.8 Å². The summed E-state index contributed by atoms with van der Waals surface area (Å²) in [6.07, 6.45) is -0.693. The second kappa shape index (κ2) is 9.70. The predicted molar refractivity (Wildman–Crippen MR) is 102 cm³/mol. The maximum Gasteiger partial charge on any atom is 0.307 e. The van der Waals surface area contributed by atoms with Gasteiger partial charge in [0.1, 0.15) is 0 Å².